The topological polar surface area (TPSA) is 145 Å². The lowest BCUT2D eigenvalue weighted by molar-refractivity contribution is -0.384. The fourth-order valence-electron chi connectivity index (χ4n) is 1.64. The minimum atomic E-state index is -1.17. The Morgan fingerprint density at radius 2 is 2.19 bits per heavy atom. The van der Waals surface area contributed by atoms with E-state index < -0.39 is 22.8 Å². The van der Waals surface area contributed by atoms with Gasteiger partial charge in [0.2, 0.25) is 5.91 Å². The van der Waals surface area contributed by atoms with Crippen LogP contribution in [0.25, 0.3) is 0 Å². The average Bonchev–Trinajstić information content (AvgIpc) is 2.42. The number of carboxylic acids is 1. The summed E-state index contributed by atoms with van der Waals surface area (Å²) in [7, 11) is 1.31. The number of hydrogen-bond donors (Lipinski definition) is 3. The summed E-state index contributed by atoms with van der Waals surface area (Å²) >= 11 is 0. The standard InChI is InChI=1S/C12H15N3O6/c1-21-10-6-7(15(19)20)2-3-8(10)14-9(12(17)18)4-5-11(13)16/h2-3,6,9,14H,4-5H2,1H3,(H2,13,16)(H,17,18)/t9-/m0/s1. The summed E-state index contributed by atoms with van der Waals surface area (Å²) in [5, 5.41) is 22.4. The van der Waals surface area contributed by atoms with E-state index in [1.807, 2.05) is 0 Å². The van der Waals surface area contributed by atoms with Gasteiger partial charge in [0.15, 0.2) is 0 Å². The molecule has 0 radical (unpaired) electrons. The molecule has 0 aliphatic carbocycles. The number of carbonyl (C=O) groups is 2. The molecule has 0 spiro atoms. The molecule has 0 saturated heterocycles. The smallest absolute Gasteiger partial charge is 0.326 e. The third-order valence-electron chi connectivity index (χ3n) is 2.70. The zero-order valence-corrected chi connectivity index (χ0v) is 11.2. The van der Waals surface area contributed by atoms with Crippen LogP contribution in [0.2, 0.25) is 0 Å². The molecular weight excluding hydrogens is 282 g/mol. The van der Waals surface area contributed by atoms with Crippen LogP contribution in [0.3, 0.4) is 0 Å². The van der Waals surface area contributed by atoms with Gasteiger partial charge in [0, 0.05) is 12.5 Å². The summed E-state index contributed by atoms with van der Waals surface area (Å²) in [6.07, 6.45) is -0.107. The first-order valence-corrected chi connectivity index (χ1v) is 5.95. The molecule has 1 atom stereocenters. The molecule has 0 fully saturated rings. The van der Waals surface area contributed by atoms with Gasteiger partial charge in [0.1, 0.15) is 11.8 Å². The molecule has 1 aromatic rings. The normalized spacial score (nSPS) is 11.5. The number of carboxylic acid groups (broad SMARTS) is 1. The predicted octanol–water partition coefficient (Wildman–Crippen LogP) is 0.734. The van der Waals surface area contributed by atoms with Crippen LogP contribution in [0.4, 0.5) is 11.4 Å². The molecule has 0 aliphatic heterocycles. The molecule has 9 nitrogen and oxygen atoms in total. The molecule has 1 rings (SSSR count). The number of aliphatic carboxylic acids is 1. The van der Waals surface area contributed by atoms with Crippen molar-refractivity contribution >= 4 is 23.3 Å². The number of nitrogens with zero attached hydrogens (tertiary/aromatic N) is 1. The Labute approximate surface area is 119 Å². The number of nitrogens with one attached hydrogen (secondary N) is 1. The van der Waals surface area contributed by atoms with Crippen molar-refractivity contribution in [3.63, 3.8) is 0 Å². The number of methoxy groups -OCH3 is 1. The summed E-state index contributed by atoms with van der Waals surface area (Å²) in [6.45, 7) is 0. The van der Waals surface area contributed by atoms with Crippen molar-refractivity contribution in [2.45, 2.75) is 18.9 Å². The Balaban J connectivity index is 2.95. The molecule has 0 unspecified atom stereocenters. The highest BCUT2D eigenvalue weighted by atomic mass is 16.6. The summed E-state index contributed by atoms with van der Waals surface area (Å²) < 4.78 is 4.99. The Bertz CT molecular complexity index is 560. The fraction of sp³-hybridized carbons (Fsp3) is 0.333. The van der Waals surface area contributed by atoms with Crippen molar-refractivity contribution in [3.05, 3.63) is 28.3 Å². The number of non-ortho nitro benzene ring substituents is 1. The second-order valence-electron chi connectivity index (χ2n) is 4.18. The van der Waals surface area contributed by atoms with Gasteiger partial charge in [-0.05, 0) is 12.5 Å². The maximum atomic E-state index is 11.1. The number of nitrogens with two attached hydrogens (primary N) is 1. The van der Waals surface area contributed by atoms with Gasteiger partial charge < -0.3 is 20.9 Å². The lowest BCUT2D eigenvalue weighted by Crippen LogP contribution is -2.30. The Hall–Kier alpha value is -2.84. The van der Waals surface area contributed by atoms with Gasteiger partial charge in [-0.15, -0.1) is 0 Å². The Kier molecular flexibility index (Phi) is 5.47. The summed E-state index contributed by atoms with van der Waals surface area (Å²) in [5.74, 6) is -1.65. The third kappa shape index (κ3) is 4.64. The molecule has 0 aliphatic rings. The molecule has 0 bridgehead atoms. The van der Waals surface area contributed by atoms with Gasteiger partial charge in [-0.2, -0.15) is 0 Å². The summed E-state index contributed by atoms with van der Waals surface area (Å²) in [4.78, 5) is 31.9. The first kappa shape index (κ1) is 16.2. The minimum absolute atomic E-state index is 0.00912. The molecule has 0 saturated carbocycles. The third-order valence-corrected chi connectivity index (χ3v) is 2.70. The zero-order valence-electron chi connectivity index (χ0n) is 11.2. The number of rotatable bonds is 8. The predicted molar refractivity (Wildman–Crippen MR) is 73.1 cm³/mol. The van der Waals surface area contributed by atoms with E-state index >= 15 is 0 Å². The number of nitro groups is 1. The molecule has 0 aromatic heterocycles. The van der Waals surface area contributed by atoms with Crippen LogP contribution in [0.5, 0.6) is 5.75 Å². The van der Waals surface area contributed by atoms with Crippen molar-refractivity contribution in [2.75, 3.05) is 12.4 Å². The maximum absolute atomic E-state index is 11.1. The van der Waals surface area contributed by atoms with E-state index in [2.05, 4.69) is 5.32 Å². The molecule has 4 N–H and O–H groups in total. The molecule has 1 aromatic carbocycles. The number of ether oxygens (including phenoxy) is 1. The van der Waals surface area contributed by atoms with Gasteiger partial charge in [0.05, 0.1) is 23.8 Å². The second kappa shape index (κ2) is 7.08. The van der Waals surface area contributed by atoms with Crippen LogP contribution in [0, 0.1) is 10.1 Å². The SMILES string of the molecule is COc1cc([N+](=O)[O-])ccc1N[C@@H](CCC(N)=O)C(=O)O. The van der Waals surface area contributed by atoms with E-state index in [4.69, 9.17) is 15.6 Å². The lowest BCUT2D eigenvalue weighted by Gasteiger charge is -2.17. The van der Waals surface area contributed by atoms with E-state index in [0.29, 0.717) is 0 Å². The van der Waals surface area contributed by atoms with Gasteiger partial charge in [-0.1, -0.05) is 0 Å². The maximum Gasteiger partial charge on any atom is 0.326 e. The lowest BCUT2D eigenvalue weighted by atomic mass is 10.1. The van der Waals surface area contributed by atoms with Gasteiger partial charge in [-0.3, -0.25) is 14.9 Å². The number of benzene rings is 1. The van der Waals surface area contributed by atoms with Gasteiger partial charge in [-0.25, -0.2) is 4.79 Å². The second-order valence-corrected chi connectivity index (χ2v) is 4.18. The van der Waals surface area contributed by atoms with Crippen molar-refractivity contribution < 1.29 is 24.4 Å². The van der Waals surface area contributed by atoms with E-state index in [1.54, 1.807) is 0 Å². The van der Waals surface area contributed by atoms with Crippen molar-refractivity contribution in [2.24, 2.45) is 5.73 Å². The van der Waals surface area contributed by atoms with Crippen LogP contribution in [-0.2, 0) is 9.59 Å². The highest BCUT2D eigenvalue weighted by Gasteiger charge is 2.20. The van der Waals surface area contributed by atoms with E-state index in [1.165, 1.54) is 25.3 Å². The quantitative estimate of drug-likeness (QED) is 0.473. The highest BCUT2D eigenvalue weighted by Crippen LogP contribution is 2.29. The molecule has 21 heavy (non-hydrogen) atoms. The molecule has 9 heteroatoms. The summed E-state index contributed by atoms with van der Waals surface area (Å²) in [6, 6.07) is 2.68. The minimum Gasteiger partial charge on any atom is -0.494 e. The van der Waals surface area contributed by atoms with Crippen LogP contribution in [0.15, 0.2) is 18.2 Å². The first-order valence-electron chi connectivity index (χ1n) is 5.95. The zero-order chi connectivity index (χ0) is 16.0. The molecule has 1 amide bonds. The number of anilines is 1. The van der Waals surface area contributed by atoms with Crippen molar-refractivity contribution in [1.29, 1.82) is 0 Å². The van der Waals surface area contributed by atoms with Crippen LogP contribution in [0.1, 0.15) is 12.8 Å². The Morgan fingerprint density at radius 3 is 2.67 bits per heavy atom. The van der Waals surface area contributed by atoms with Crippen molar-refractivity contribution in [1.82, 2.24) is 0 Å². The fourth-order valence-corrected chi connectivity index (χ4v) is 1.64. The largest absolute Gasteiger partial charge is 0.494 e. The van der Waals surface area contributed by atoms with E-state index in [-0.39, 0.29) is 30.0 Å². The number of carbonyl (C=O) groups excluding carboxylic acids is 1. The number of primary amides is 1. The molecule has 0 heterocycles. The monoisotopic (exact) mass is 297 g/mol. The van der Waals surface area contributed by atoms with Gasteiger partial charge in [0.25, 0.3) is 5.69 Å². The highest BCUT2D eigenvalue weighted by molar-refractivity contribution is 5.80. The number of hydrogen-bond acceptors (Lipinski definition) is 6. The average molecular weight is 297 g/mol. The van der Waals surface area contributed by atoms with Crippen molar-refractivity contribution in [3.8, 4) is 5.75 Å². The van der Waals surface area contributed by atoms with Crippen LogP contribution in [-0.4, -0.2) is 35.1 Å². The van der Waals surface area contributed by atoms with E-state index in [9.17, 15) is 19.7 Å². The van der Waals surface area contributed by atoms with Crippen LogP contribution >= 0.6 is 0 Å². The molecular formula is C12H15N3O6. The van der Waals surface area contributed by atoms with Crippen LogP contribution < -0.4 is 15.8 Å². The first-order chi connectivity index (χ1) is 9.85. The van der Waals surface area contributed by atoms with E-state index in [0.717, 1.165) is 0 Å². The summed E-state index contributed by atoms with van der Waals surface area (Å²) in [5.41, 5.74) is 5.08. The Morgan fingerprint density at radius 1 is 1.52 bits per heavy atom. The molecule has 114 valence electrons. The van der Waals surface area contributed by atoms with Gasteiger partial charge >= 0.3 is 5.97 Å². The number of nitro benzene ring substituents is 1. The number of amides is 1.